The Morgan fingerprint density at radius 3 is 1.87 bits per heavy atom. The molecule has 0 spiro atoms. The Morgan fingerprint density at radius 2 is 1.30 bits per heavy atom. The van der Waals surface area contributed by atoms with Crippen molar-refractivity contribution in [2.75, 3.05) is 92.0 Å². The van der Waals surface area contributed by atoms with Gasteiger partial charge in [-0.2, -0.15) is 4.98 Å². The molecule has 0 unspecified atom stereocenters. The Bertz CT molecular complexity index is 3510. The zero-order valence-corrected chi connectivity index (χ0v) is 55.3. The molecule has 0 bridgehead atoms. The smallest absolute Gasteiger partial charge is 0.330 e. The number of hydrogen-bond acceptors (Lipinski definition) is 20. The van der Waals surface area contributed by atoms with Crippen LogP contribution in [0.15, 0.2) is 106 Å². The number of rotatable bonds is 31. The van der Waals surface area contributed by atoms with Gasteiger partial charge in [-0.25, -0.2) is 9.78 Å². The minimum absolute atomic E-state index is 0.0128. The van der Waals surface area contributed by atoms with Crippen molar-refractivity contribution in [2.24, 2.45) is 5.92 Å². The average molecular weight is 1280 g/mol. The maximum atomic E-state index is 13.9. The summed E-state index contributed by atoms with van der Waals surface area (Å²) in [5, 5.41) is 2.58. The second kappa shape index (κ2) is 30.8. The lowest BCUT2D eigenvalue weighted by atomic mass is 9.79. The minimum atomic E-state index is -2.62. The highest BCUT2D eigenvalue weighted by Gasteiger charge is 2.53. The molecule has 25 nitrogen and oxygen atoms in total. The fourth-order valence-electron chi connectivity index (χ4n) is 12.4. The number of esters is 2. The predicted molar refractivity (Wildman–Crippen MR) is 340 cm³/mol. The lowest BCUT2D eigenvalue weighted by molar-refractivity contribution is -0.229. The maximum Gasteiger partial charge on any atom is 0.330 e. The van der Waals surface area contributed by atoms with Gasteiger partial charge >= 0.3 is 17.6 Å². The van der Waals surface area contributed by atoms with Crippen molar-refractivity contribution in [3.8, 4) is 11.5 Å². The fraction of sp³-hybridized carbons (Fsp3) is 0.538. The van der Waals surface area contributed by atoms with E-state index in [9.17, 15) is 28.8 Å². The Morgan fingerprint density at radius 1 is 0.725 bits per heavy atom. The highest BCUT2D eigenvalue weighted by molar-refractivity contribution is 6.77. The van der Waals surface area contributed by atoms with E-state index in [1.54, 1.807) is 35.0 Å². The predicted octanol–water partition coefficient (Wildman–Crippen LogP) is 7.17. The molecular formula is C65H88N8O17Si. The molecule has 0 radical (unpaired) electrons. The lowest BCUT2D eigenvalue weighted by Crippen LogP contribution is -2.62. The molecule has 6 atom stereocenters. The number of hydrogen-bond donors (Lipinski definition) is 3. The number of amides is 1. The molecule has 2 aliphatic rings. The number of methoxy groups -OCH3 is 2. The number of fused-ring (bicyclic) bond motifs is 1. The summed E-state index contributed by atoms with van der Waals surface area (Å²) in [6.45, 7) is 22.6. The Hall–Kier alpha value is -7.40. The molecule has 2 fully saturated rings. The van der Waals surface area contributed by atoms with Crippen molar-refractivity contribution < 1.29 is 66.2 Å². The molecule has 494 valence electrons. The number of aromatic nitrogens is 6. The van der Waals surface area contributed by atoms with Crippen LogP contribution in [0, 0.1) is 12.8 Å². The van der Waals surface area contributed by atoms with Gasteiger partial charge in [0.2, 0.25) is 11.9 Å². The van der Waals surface area contributed by atoms with E-state index in [0.29, 0.717) is 30.2 Å². The fourth-order valence-corrected chi connectivity index (χ4v) is 17.9. The number of benzene rings is 3. The molecule has 3 aromatic heterocycles. The van der Waals surface area contributed by atoms with Crippen LogP contribution < -0.4 is 31.6 Å². The highest BCUT2D eigenvalue weighted by atomic mass is 28.4. The molecule has 2 saturated heterocycles. The summed E-state index contributed by atoms with van der Waals surface area (Å²) in [6.07, 6.45) is -2.62. The van der Waals surface area contributed by atoms with Crippen LogP contribution in [0.5, 0.6) is 11.5 Å². The third-order valence-electron chi connectivity index (χ3n) is 16.7. The van der Waals surface area contributed by atoms with E-state index >= 15 is 0 Å². The zero-order chi connectivity index (χ0) is 65.8. The molecule has 8 rings (SSSR count). The first-order chi connectivity index (χ1) is 43.4. The van der Waals surface area contributed by atoms with E-state index in [1.165, 1.54) is 35.5 Å². The van der Waals surface area contributed by atoms with Gasteiger partial charge in [0, 0.05) is 51.2 Å². The summed E-state index contributed by atoms with van der Waals surface area (Å²) in [6, 6.07) is 25.6. The number of nitrogens with zero attached hydrogens (tertiary/aromatic N) is 5. The lowest BCUT2D eigenvalue weighted by Gasteiger charge is -2.50. The molecule has 0 saturated carbocycles. The Labute approximate surface area is 530 Å². The van der Waals surface area contributed by atoms with E-state index in [0.717, 1.165) is 16.7 Å². The van der Waals surface area contributed by atoms with Gasteiger partial charge in [-0.15, -0.1) is 0 Å². The van der Waals surface area contributed by atoms with Gasteiger partial charge in [0.1, 0.15) is 28.8 Å². The molecule has 3 N–H and O–H groups in total. The van der Waals surface area contributed by atoms with Crippen LogP contribution in [0.4, 0.5) is 5.95 Å². The van der Waals surface area contributed by atoms with Gasteiger partial charge in [-0.1, -0.05) is 110 Å². The summed E-state index contributed by atoms with van der Waals surface area (Å²) < 4.78 is 72.6. The second-order valence-corrected chi connectivity index (χ2v) is 29.7. The first-order valence-corrected chi connectivity index (χ1v) is 32.9. The number of H-pyrrole nitrogens is 2. The number of imidazole rings is 1. The van der Waals surface area contributed by atoms with Crippen LogP contribution in [0.25, 0.3) is 11.2 Å². The standard InChI is InChI=1S/C65H88N8O17Si/c1-40(2)58(76)68-62-67-57-54(60(78)69-62)66-39-73(57)61-56(88-46(11)75)55(87-45(10)74)52(89-61)35-84-32-31-83-30-29-82-28-27-71-34-53(72-33-44(9)59(77)70-63(72)79)90-64(36-71,38-86-91(41(3)4,42(5)6)43(7)8)37-85-65(47-17-15-14-16-18-47,48-19-23-50(80-12)24-20-48)49-21-25-51(81-13)26-22-49/h14-26,33,39-43,52-53,55-56,61H,27-32,34-38H2,1-13H3,(H,70,77,79)(H2,67,68,69,76,78)/t52-,53-,55-,56-,61-,64+/m1/s1. The van der Waals surface area contributed by atoms with Crippen molar-refractivity contribution in [3.05, 3.63) is 145 Å². The molecule has 1 amide bonds. The number of carbonyl (C=O) groups is 3. The van der Waals surface area contributed by atoms with Gasteiger partial charge in [0.25, 0.3) is 11.1 Å². The number of anilines is 1. The van der Waals surface area contributed by atoms with Gasteiger partial charge in [-0.3, -0.25) is 53.3 Å². The number of ether oxygens (including phenoxy) is 10. The molecule has 6 aromatic rings. The quantitative estimate of drug-likeness (QED) is 0.0168. The first-order valence-electron chi connectivity index (χ1n) is 30.8. The van der Waals surface area contributed by atoms with Crippen LogP contribution in [-0.4, -0.2) is 171 Å². The molecule has 91 heavy (non-hydrogen) atoms. The first kappa shape index (κ1) is 69.5. The molecular weight excluding hydrogens is 1190 g/mol. The molecule has 26 heteroatoms. The maximum absolute atomic E-state index is 13.9. The topological polar surface area (TPSA) is 286 Å². The van der Waals surface area contributed by atoms with Crippen molar-refractivity contribution in [1.82, 2.24) is 34.0 Å². The van der Waals surface area contributed by atoms with Crippen LogP contribution in [-0.2, 0) is 62.3 Å². The van der Waals surface area contributed by atoms with E-state index < -0.39 is 85.0 Å². The monoisotopic (exact) mass is 1280 g/mol. The van der Waals surface area contributed by atoms with Crippen molar-refractivity contribution in [1.29, 1.82) is 0 Å². The van der Waals surface area contributed by atoms with Crippen LogP contribution in [0.2, 0.25) is 16.6 Å². The van der Waals surface area contributed by atoms with Gasteiger partial charge < -0.3 is 51.8 Å². The number of morpholine rings is 1. The van der Waals surface area contributed by atoms with Crippen molar-refractivity contribution in [2.45, 2.75) is 135 Å². The molecule has 2 aliphatic heterocycles. The molecule has 3 aromatic carbocycles. The number of aromatic amines is 2. The Balaban J connectivity index is 0.995. The number of carbonyl (C=O) groups excluding carboxylic acids is 3. The SMILES string of the molecule is COc1ccc(C(OC[C@]2(CO[Si](C(C)C)(C(C)C)C(C)C)CN(CCOCCOCCOC[C@H]3O[C@@H](n4cnc5c(=O)[nH]c(NC(=O)C(C)C)nc54)[C@H](OC(C)=O)[C@@H]3OC(C)=O)C[C@H](n3cc(C)c(=O)[nH]c3=O)O2)(c2ccccc2)c2ccc(OC)cc2)cc1. The summed E-state index contributed by atoms with van der Waals surface area (Å²) in [4.78, 5) is 93.2. The van der Waals surface area contributed by atoms with Crippen molar-refractivity contribution >= 4 is 43.3 Å². The molecule has 5 heterocycles. The number of nitrogens with one attached hydrogen (secondary N) is 3. The van der Waals surface area contributed by atoms with Gasteiger partial charge in [-0.05, 0) is 64.5 Å². The summed E-state index contributed by atoms with van der Waals surface area (Å²) in [5.41, 5.74) is -0.848. The minimum Gasteiger partial charge on any atom is -0.497 e. The van der Waals surface area contributed by atoms with Crippen LogP contribution in [0.1, 0.15) is 104 Å². The summed E-state index contributed by atoms with van der Waals surface area (Å²) in [5.74, 6) is -0.951. The summed E-state index contributed by atoms with van der Waals surface area (Å²) in [7, 11) is 0.634. The van der Waals surface area contributed by atoms with Gasteiger partial charge in [0.05, 0.1) is 73.4 Å². The zero-order valence-electron chi connectivity index (χ0n) is 54.3. The third-order valence-corrected chi connectivity index (χ3v) is 22.8. The van der Waals surface area contributed by atoms with E-state index in [4.69, 9.17) is 51.8 Å². The second-order valence-electron chi connectivity index (χ2n) is 24.3. The highest BCUT2D eigenvalue weighted by Crippen LogP contribution is 2.46. The normalized spacial score (nSPS) is 19.8. The van der Waals surface area contributed by atoms with Crippen LogP contribution in [0.3, 0.4) is 0 Å². The van der Waals surface area contributed by atoms with Crippen LogP contribution >= 0.6 is 0 Å². The average Bonchev–Trinajstić information content (AvgIpc) is 1.36. The largest absolute Gasteiger partial charge is 0.497 e. The van der Waals surface area contributed by atoms with Gasteiger partial charge in [0.15, 0.2) is 44.1 Å². The molecule has 0 aliphatic carbocycles. The van der Waals surface area contributed by atoms with E-state index in [2.05, 4.69) is 71.7 Å². The number of aryl methyl sites for hydroxylation is 1. The summed E-state index contributed by atoms with van der Waals surface area (Å²) >= 11 is 0. The van der Waals surface area contributed by atoms with Crippen molar-refractivity contribution in [3.63, 3.8) is 0 Å². The third kappa shape index (κ3) is 16.1. The van der Waals surface area contributed by atoms with E-state index in [1.807, 2.05) is 78.9 Å². The van der Waals surface area contributed by atoms with E-state index in [-0.39, 0.29) is 99.0 Å². The Kier molecular flexibility index (Phi) is 23.5.